The van der Waals surface area contributed by atoms with Crippen molar-refractivity contribution in [3.63, 3.8) is 0 Å². The Morgan fingerprint density at radius 1 is 1.09 bits per heavy atom. The molecule has 0 saturated carbocycles. The third kappa shape index (κ3) is 3.92. The number of benzene rings is 2. The molecule has 0 bridgehead atoms. The maximum atomic E-state index is 11.9. The Hall–Kier alpha value is -2.75. The van der Waals surface area contributed by atoms with E-state index >= 15 is 0 Å². The molecule has 2 aromatic carbocycles. The summed E-state index contributed by atoms with van der Waals surface area (Å²) in [6.07, 6.45) is 2.84. The van der Waals surface area contributed by atoms with Gasteiger partial charge >= 0.3 is 5.97 Å². The van der Waals surface area contributed by atoms with Crippen LogP contribution in [0.3, 0.4) is 0 Å². The highest BCUT2D eigenvalue weighted by atomic mass is 16.6. The van der Waals surface area contributed by atoms with Crippen molar-refractivity contribution in [1.82, 2.24) is 0 Å². The van der Waals surface area contributed by atoms with Crippen LogP contribution in [0.1, 0.15) is 24.2 Å². The Balaban J connectivity index is 1.62. The van der Waals surface area contributed by atoms with E-state index in [-0.39, 0.29) is 12.1 Å². The van der Waals surface area contributed by atoms with Crippen LogP contribution in [-0.4, -0.2) is 19.2 Å². The molecule has 0 fully saturated rings. The molecule has 1 atom stereocenters. The minimum Gasteiger partial charge on any atom is -0.486 e. The second-order valence-corrected chi connectivity index (χ2v) is 5.23. The van der Waals surface area contributed by atoms with E-state index in [1.807, 2.05) is 55.5 Å². The van der Waals surface area contributed by atoms with Gasteiger partial charge in [0.05, 0.1) is 0 Å². The maximum absolute atomic E-state index is 11.9. The van der Waals surface area contributed by atoms with Gasteiger partial charge in [0, 0.05) is 6.08 Å². The Kier molecular flexibility index (Phi) is 4.62. The topological polar surface area (TPSA) is 44.8 Å². The molecule has 2 aromatic rings. The molecule has 0 radical (unpaired) electrons. The summed E-state index contributed by atoms with van der Waals surface area (Å²) in [4.78, 5) is 11.9. The van der Waals surface area contributed by atoms with E-state index in [0.29, 0.717) is 19.0 Å². The van der Waals surface area contributed by atoms with Gasteiger partial charge in [0.15, 0.2) is 11.5 Å². The van der Waals surface area contributed by atoms with Crippen molar-refractivity contribution in [2.75, 3.05) is 13.2 Å². The van der Waals surface area contributed by atoms with Crippen molar-refractivity contribution in [3.8, 4) is 11.5 Å². The first-order valence-corrected chi connectivity index (χ1v) is 7.55. The number of carbonyl (C=O) groups is 1. The lowest BCUT2D eigenvalue weighted by Gasteiger charge is -2.18. The summed E-state index contributed by atoms with van der Waals surface area (Å²) < 4.78 is 16.4. The van der Waals surface area contributed by atoms with Crippen LogP contribution in [0.5, 0.6) is 11.5 Å². The molecule has 3 rings (SSSR count). The average Bonchev–Trinajstić information content (AvgIpc) is 2.60. The fourth-order valence-corrected chi connectivity index (χ4v) is 2.33. The zero-order valence-corrected chi connectivity index (χ0v) is 12.9. The van der Waals surface area contributed by atoms with Crippen molar-refractivity contribution in [1.29, 1.82) is 0 Å². The summed E-state index contributed by atoms with van der Waals surface area (Å²) in [5.74, 6) is 1.05. The first kappa shape index (κ1) is 15.2. The Bertz CT molecular complexity index is 707. The van der Waals surface area contributed by atoms with Gasteiger partial charge in [-0.3, -0.25) is 0 Å². The molecular formula is C19H18O4. The quantitative estimate of drug-likeness (QED) is 0.637. The van der Waals surface area contributed by atoms with Gasteiger partial charge in [-0.25, -0.2) is 4.79 Å². The van der Waals surface area contributed by atoms with E-state index in [9.17, 15) is 4.79 Å². The standard InChI is InChI=1S/C19H18O4/c1-14(16-5-3-2-4-6-16)23-19(20)10-8-15-7-9-17-18(13-15)22-12-11-21-17/h2-10,13-14H,11-12H2,1H3/b10-8+/t14-/m0/s1. The first-order chi connectivity index (χ1) is 11.2. The van der Waals surface area contributed by atoms with E-state index in [2.05, 4.69) is 0 Å². The van der Waals surface area contributed by atoms with Crippen molar-refractivity contribution in [2.45, 2.75) is 13.0 Å². The molecule has 23 heavy (non-hydrogen) atoms. The minimum atomic E-state index is -0.378. The lowest BCUT2D eigenvalue weighted by Crippen LogP contribution is -2.15. The number of carbonyl (C=O) groups excluding carboxylic acids is 1. The fraction of sp³-hybridized carbons (Fsp3) is 0.211. The third-order valence-corrected chi connectivity index (χ3v) is 3.54. The lowest BCUT2D eigenvalue weighted by molar-refractivity contribution is -0.142. The number of fused-ring (bicyclic) bond motifs is 1. The highest BCUT2D eigenvalue weighted by Gasteiger charge is 2.11. The van der Waals surface area contributed by atoms with Gasteiger partial charge < -0.3 is 14.2 Å². The van der Waals surface area contributed by atoms with E-state index in [4.69, 9.17) is 14.2 Å². The monoisotopic (exact) mass is 310 g/mol. The molecule has 1 aliphatic heterocycles. The zero-order chi connectivity index (χ0) is 16.1. The summed E-state index contributed by atoms with van der Waals surface area (Å²) >= 11 is 0. The molecule has 0 N–H and O–H groups in total. The highest BCUT2D eigenvalue weighted by molar-refractivity contribution is 5.87. The van der Waals surface area contributed by atoms with E-state index in [1.54, 1.807) is 6.08 Å². The highest BCUT2D eigenvalue weighted by Crippen LogP contribution is 2.31. The molecule has 0 amide bonds. The molecule has 0 aromatic heterocycles. The summed E-state index contributed by atoms with van der Waals surface area (Å²) in [5.41, 5.74) is 1.83. The smallest absolute Gasteiger partial charge is 0.331 e. The van der Waals surface area contributed by atoms with Crippen molar-refractivity contribution in [3.05, 3.63) is 65.7 Å². The van der Waals surface area contributed by atoms with Gasteiger partial charge in [-0.15, -0.1) is 0 Å². The predicted molar refractivity (Wildman–Crippen MR) is 87.4 cm³/mol. The van der Waals surface area contributed by atoms with Crippen LogP contribution in [0.15, 0.2) is 54.6 Å². The number of rotatable bonds is 4. The Morgan fingerprint density at radius 3 is 2.61 bits per heavy atom. The number of ether oxygens (including phenoxy) is 3. The van der Waals surface area contributed by atoms with Gasteiger partial charge in [0.25, 0.3) is 0 Å². The Morgan fingerprint density at radius 2 is 1.83 bits per heavy atom. The molecule has 1 aliphatic rings. The predicted octanol–water partition coefficient (Wildman–Crippen LogP) is 3.78. The second kappa shape index (κ2) is 7.01. The van der Waals surface area contributed by atoms with Crippen molar-refractivity contribution >= 4 is 12.0 Å². The molecule has 1 heterocycles. The zero-order valence-electron chi connectivity index (χ0n) is 12.9. The van der Waals surface area contributed by atoms with Gasteiger partial charge in [0.2, 0.25) is 0 Å². The molecule has 4 heteroatoms. The average molecular weight is 310 g/mol. The van der Waals surface area contributed by atoms with E-state index in [0.717, 1.165) is 16.9 Å². The normalized spacial score (nSPS) is 14.5. The third-order valence-electron chi connectivity index (χ3n) is 3.54. The summed E-state index contributed by atoms with van der Waals surface area (Å²) in [6.45, 7) is 2.95. The second-order valence-electron chi connectivity index (χ2n) is 5.23. The van der Waals surface area contributed by atoms with Crippen molar-refractivity contribution < 1.29 is 19.0 Å². The summed E-state index contributed by atoms with van der Waals surface area (Å²) in [5, 5.41) is 0. The van der Waals surface area contributed by atoms with Crippen LogP contribution in [0.4, 0.5) is 0 Å². The van der Waals surface area contributed by atoms with Gasteiger partial charge in [-0.1, -0.05) is 36.4 Å². The number of esters is 1. The van der Waals surface area contributed by atoms with Gasteiger partial charge in [-0.05, 0) is 36.3 Å². The lowest BCUT2D eigenvalue weighted by atomic mass is 10.1. The van der Waals surface area contributed by atoms with Gasteiger partial charge in [-0.2, -0.15) is 0 Å². The molecule has 0 aliphatic carbocycles. The van der Waals surface area contributed by atoms with E-state index < -0.39 is 0 Å². The fourth-order valence-electron chi connectivity index (χ4n) is 2.33. The van der Waals surface area contributed by atoms with Crippen LogP contribution in [0.25, 0.3) is 6.08 Å². The van der Waals surface area contributed by atoms with Crippen LogP contribution < -0.4 is 9.47 Å². The first-order valence-electron chi connectivity index (χ1n) is 7.55. The van der Waals surface area contributed by atoms with Crippen LogP contribution in [-0.2, 0) is 9.53 Å². The maximum Gasteiger partial charge on any atom is 0.331 e. The largest absolute Gasteiger partial charge is 0.486 e. The minimum absolute atomic E-state index is 0.284. The molecule has 4 nitrogen and oxygen atoms in total. The van der Waals surface area contributed by atoms with Crippen LogP contribution in [0, 0.1) is 0 Å². The molecule has 0 spiro atoms. The van der Waals surface area contributed by atoms with Crippen LogP contribution >= 0.6 is 0 Å². The van der Waals surface area contributed by atoms with Gasteiger partial charge in [0.1, 0.15) is 19.3 Å². The molecule has 0 saturated heterocycles. The number of hydrogen-bond donors (Lipinski definition) is 0. The molecule has 0 unspecified atom stereocenters. The Labute approximate surface area is 135 Å². The molecular weight excluding hydrogens is 292 g/mol. The number of hydrogen-bond acceptors (Lipinski definition) is 4. The van der Waals surface area contributed by atoms with Crippen molar-refractivity contribution in [2.24, 2.45) is 0 Å². The summed E-state index contributed by atoms with van der Waals surface area (Å²) in [7, 11) is 0. The van der Waals surface area contributed by atoms with E-state index in [1.165, 1.54) is 6.08 Å². The van der Waals surface area contributed by atoms with Crippen LogP contribution in [0.2, 0.25) is 0 Å². The molecule has 118 valence electrons. The SMILES string of the molecule is C[C@H](OC(=O)/C=C/c1ccc2c(c1)OCCO2)c1ccccc1. The summed E-state index contributed by atoms with van der Waals surface area (Å²) in [6, 6.07) is 15.2.